The number of nitrogen functional groups attached to an aromatic ring is 1. The summed E-state index contributed by atoms with van der Waals surface area (Å²) in [6.45, 7) is 2.07. The van der Waals surface area contributed by atoms with E-state index in [1.807, 2.05) is 0 Å². The molecule has 4 nitrogen and oxygen atoms in total. The van der Waals surface area contributed by atoms with Gasteiger partial charge >= 0.3 is 0 Å². The van der Waals surface area contributed by atoms with Gasteiger partial charge in [0, 0.05) is 13.2 Å². The molecule has 17 heavy (non-hydrogen) atoms. The van der Waals surface area contributed by atoms with Crippen LogP contribution >= 0.6 is 0 Å². The molecule has 2 aromatic rings. The Morgan fingerprint density at radius 2 is 2.18 bits per heavy atom. The molecule has 1 saturated carbocycles. The standard InChI is InChI=1S/C13H17N3O/c1-8-3-4-12-11(5-8)15-13(14)16(12)9-6-10(7-9)17-2/h3-5,9-10H,6-7H2,1-2H3,(H2,14,15). The first-order valence-electron chi connectivity index (χ1n) is 5.96. The number of aryl methyl sites for hydroxylation is 1. The van der Waals surface area contributed by atoms with Gasteiger partial charge in [0.25, 0.3) is 0 Å². The number of nitrogens with zero attached hydrogens (tertiary/aromatic N) is 2. The highest BCUT2D eigenvalue weighted by atomic mass is 16.5. The van der Waals surface area contributed by atoms with Crippen LogP contribution in [0.2, 0.25) is 0 Å². The third-order valence-electron chi connectivity index (χ3n) is 3.64. The van der Waals surface area contributed by atoms with Crippen molar-refractivity contribution in [3.8, 4) is 0 Å². The number of methoxy groups -OCH3 is 1. The van der Waals surface area contributed by atoms with Gasteiger partial charge < -0.3 is 15.0 Å². The molecular formula is C13H17N3O. The average Bonchev–Trinajstić information content (AvgIpc) is 2.53. The molecule has 90 valence electrons. The maximum atomic E-state index is 6.01. The minimum Gasteiger partial charge on any atom is -0.381 e. The number of imidazole rings is 1. The first-order chi connectivity index (χ1) is 8.19. The lowest BCUT2D eigenvalue weighted by molar-refractivity contribution is 0.00798. The molecule has 0 aliphatic heterocycles. The zero-order valence-corrected chi connectivity index (χ0v) is 10.2. The Morgan fingerprint density at radius 1 is 1.41 bits per heavy atom. The molecule has 0 radical (unpaired) electrons. The second-order valence-electron chi connectivity index (χ2n) is 4.82. The number of anilines is 1. The molecule has 2 N–H and O–H groups in total. The minimum absolute atomic E-state index is 0.377. The molecule has 1 fully saturated rings. The smallest absolute Gasteiger partial charge is 0.201 e. The summed E-state index contributed by atoms with van der Waals surface area (Å²) in [6.07, 6.45) is 2.43. The zero-order valence-electron chi connectivity index (χ0n) is 10.2. The van der Waals surface area contributed by atoms with Gasteiger partial charge in [0.1, 0.15) is 0 Å². The van der Waals surface area contributed by atoms with E-state index in [1.54, 1.807) is 7.11 Å². The molecule has 1 heterocycles. The van der Waals surface area contributed by atoms with Gasteiger partial charge in [-0.25, -0.2) is 4.98 Å². The van der Waals surface area contributed by atoms with Crippen molar-refractivity contribution >= 4 is 17.0 Å². The molecule has 0 spiro atoms. The lowest BCUT2D eigenvalue weighted by Gasteiger charge is -2.35. The van der Waals surface area contributed by atoms with E-state index in [2.05, 4.69) is 34.7 Å². The summed E-state index contributed by atoms with van der Waals surface area (Å²) in [6, 6.07) is 6.72. The Kier molecular flexibility index (Phi) is 2.33. The quantitative estimate of drug-likeness (QED) is 0.862. The monoisotopic (exact) mass is 231 g/mol. The molecule has 1 aliphatic carbocycles. The van der Waals surface area contributed by atoms with Crippen LogP contribution in [0, 0.1) is 6.92 Å². The van der Waals surface area contributed by atoms with Gasteiger partial charge in [-0.05, 0) is 37.5 Å². The van der Waals surface area contributed by atoms with E-state index in [1.165, 1.54) is 5.56 Å². The molecule has 0 saturated heterocycles. The van der Waals surface area contributed by atoms with Crippen molar-refractivity contribution in [2.45, 2.75) is 31.9 Å². The number of hydrogen-bond acceptors (Lipinski definition) is 3. The lowest BCUT2D eigenvalue weighted by atomic mass is 9.89. The second-order valence-corrected chi connectivity index (χ2v) is 4.82. The molecule has 0 unspecified atom stereocenters. The Balaban J connectivity index is 2.02. The highest BCUT2D eigenvalue weighted by Gasteiger charge is 2.32. The highest BCUT2D eigenvalue weighted by molar-refractivity contribution is 5.79. The predicted octanol–water partition coefficient (Wildman–Crippen LogP) is 2.28. The fourth-order valence-corrected chi connectivity index (χ4v) is 2.55. The van der Waals surface area contributed by atoms with Crippen LogP contribution in [-0.2, 0) is 4.74 Å². The van der Waals surface area contributed by atoms with Crippen molar-refractivity contribution in [3.05, 3.63) is 23.8 Å². The van der Waals surface area contributed by atoms with Crippen LogP contribution in [0.1, 0.15) is 24.4 Å². The van der Waals surface area contributed by atoms with Gasteiger partial charge in [0.2, 0.25) is 5.95 Å². The maximum absolute atomic E-state index is 6.01. The summed E-state index contributed by atoms with van der Waals surface area (Å²) < 4.78 is 7.45. The molecule has 1 aliphatic rings. The Hall–Kier alpha value is -1.55. The van der Waals surface area contributed by atoms with E-state index in [9.17, 15) is 0 Å². The third kappa shape index (κ3) is 1.60. The maximum Gasteiger partial charge on any atom is 0.201 e. The number of ether oxygens (including phenoxy) is 1. The SMILES string of the molecule is COC1CC(n2c(N)nc3cc(C)ccc32)C1. The summed E-state index contributed by atoms with van der Waals surface area (Å²) in [7, 11) is 1.76. The van der Waals surface area contributed by atoms with E-state index in [4.69, 9.17) is 10.5 Å². The molecule has 3 rings (SSSR count). The molecule has 0 bridgehead atoms. The van der Waals surface area contributed by atoms with Gasteiger partial charge in [-0.1, -0.05) is 6.07 Å². The van der Waals surface area contributed by atoms with E-state index < -0.39 is 0 Å². The minimum atomic E-state index is 0.377. The number of fused-ring (bicyclic) bond motifs is 1. The van der Waals surface area contributed by atoms with Crippen LogP contribution < -0.4 is 5.73 Å². The lowest BCUT2D eigenvalue weighted by Crippen LogP contribution is -2.32. The van der Waals surface area contributed by atoms with Crippen LogP contribution in [-0.4, -0.2) is 22.8 Å². The van der Waals surface area contributed by atoms with Crippen molar-refractivity contribution in [3.63, 3.8) is 0 Å². The fraction of sp³-hybridized carbons (Fsp3) is 0.462. The number of hydrogen-bond donors (Lipinski definition) is 1. The summed E-state index contributed by atoms with van der Waals surface area (Å²) in [5.74, 6) is 0.616. The van der Waals surface area contributed by atoms with Crippen molar-refractivity contribution in [1.29, 1.82) is 0 Å². The van der Waals surface area contributed by atoms with Crippen molar-refractivity contribution in [2.24, 2.45) is 0 Å². The van der Waals surface area contributed by atoms with Crippen molar-refractivity contribution in [2.75, 3.05) is 12.8 Å². The van der Waals surface area contributed by atoms with Crippen LogP contribution in [0.5, 0.6) is 0 Å². The van der Waals surface area contributed by atoms with Crippen molar-refractivity contribution in [1.82, 2.24) is 9.55 Å². The Labute approximate surface area is 100 Å². The largest absolute Gasteiger partial charge is 0.381 e. The van der Waals surface area contributed by atoms with Crippen LogP contribution in [0.25, 0.3) is 11.0 Å². The molecule has 4 heteroatoms. The predicted molar refractivity (Wildman–Crippen MR) is 68.0 cm³/mol. The van der Waals surface area contributed by atoms with Crippen molar-refractivity contribution < 1.29 is 4.74 Å². The first kappa shape index (κ1) is 10.6. The summed E-state index contributed by atoms with van der Waals surface area (Å²) >= 11 is 0. The van der Waals surface area contributed by atoms with E-state index in [0.717, 1.165) is 23.9 Å². The number of rotatable bonds is 2. The highest BCUT2D eigenvalue weighted by Crippen LogP contribution is 2.38. The molecule has 1 aromatic heterocycles. The first-order valence-corrected chi connectivity index (χ1v) is 5.96. The van der Waals surface area contributed by atoms with Gasteiger partial charge in [0.15, 0.2) is 0 Å². The number of nitrogens with two attached hydrogens (primary N) is 1. The number of aromatic nitrogens is 2. The van der Waals surface area contributed by atoms with Crippen LogP contribution in [0.3, 0.4) is 0 Å². The van der Waals surface area contributed by atoms with E-state index in [0.29, 0.717) is 18.1 Å². The molecule has 0 amide bonds. The number of benzene rings is 1. The normalized spacial score (nSPS) is 23.9. The zero-order chi connectivity index (χ0) is 12.0. The summed E-state index contributed by atoms with van der Waals surface area (Å²) in [4.78, 5) is 4.43. The van der Waals surface area contributed by atoms with E-state index in [-0.39, 0.29) is 0 Å². The van der Waals surface area contributed by atoms with Crippen LogP contribution in [0.4, 0.5) is 5.95 Å². The summed E-state index contributed by atoms with van der Waals surface area (Å²) in [5, 5.41) is 0. The second kappa shape index (κ2) is 3.74. The van der Waals surface area contributed by atoms with Gasteiger partial charge in [-0.15, -0.1) is 0 Å². The molecule has 1 aromatic carbocycles. The van der Waals surface area contributed by atoms with Gasteiger partial charge in [-0.2, -0.15) is 0 Å². The van der Waals surface area contributed by atoms with E-state index >= 15 is 0 Å². The Morgan fingerprint density at radius 3 is 2.88 bits per heavy atom. The average molecular weight is 231 g/mol. The topological polar surface area (TPSA) is 53.1 Å². The van der Waals surface area contributed by atoms with Crippen LogP contribution in [0.15, 0.2) is 18.2 Å². The van der Waals surface area contributed by atoms with Gasteiger partial charge in [-0.3, -0.25) is 0 Å². The molecule has 0 atom stereocenters. The third-order valence-corrected chi connectivity index (χ3v) is 3.64. The fourth-order valence-electron chi connectivity index (χ4n) is 2.55. The Bertz CT molecular complexity index is 555. The molecular weight excluding hydrogens is 214 g/mol. The summed E-state index contributed by atoms with van der Waals surface area (Å²) in [5.41, 5.74) is 9.35. The van der Waals surface area contributed by atoms with Gasteiger partial charge in [0.05, 0.1) is 17.1 Å².